The molecule has 0 aliphatic rings. The van der Waals surface area contributed by atoms with E-state index in [9.17, 15) is 18.0 Å². The molecule has 0 saturated heterocycles. The number of aryl methyl sites for hydroxylation is 1. The van der Waals surface area contributed by atoms with Gasteiger partial charge in [-0.2, -0.15) is 18.2 Å². The zero-order chi connectivity index (χ0) is 16.4. The standard InChI is InChI=1S/C14H12F3N5O/c15-14(16,17)12-20-13(22-21-12)19-11(23)6-5-8-7-18-10-4-2-1-3-9(8)10/h1-4,7,18H,5-6H2,(H2,19,20,21,22,23). The third-order valence-electron chi connectivity index (χ3n) is 3.30. The monoisotopic (exact) mass is 323 g/mol. The number of rotatable bonds is 4. The molecule has 0 radical (unpaired) electrons. The second-order valence-corrected chi connectivity index (χ2v) is 4.91. The minimum absolute atomic E-state index is 0.109. The Hall–Kier alpha value is -2.84. The van der Waals surface area contributed by atoms with Crippen LogP contribution < -0.4 is 5.32 Å². The number of amides is 1. The number of halogens is 3. The summed E-state index contributed by atoms with van der Waals surface area (Å²) in [5, 5.41) is 8.32. The lowest BCUT2D eigenvalue weighted by atomic mass is 10.1. The predicted molar refractivity (Wildman–Crippen MR) is 76.6 cm³/mol. The average molecular weight is 323 g/mol. The topological polar surface area (TPSA) is 86.5 Å². The normalized spacial score (nSPS) is 11.8. The van der Waals surface area contributed by atoms with Crippen LogP contribution >= 0.6 is 0 Å². The summed E-state index contributed by atoms with van der Waals surface area (Å²) in [4.78, 5) is 18.1. The number of nitrogens with zero attached hydrogens (tertiary/aromatic N) is 2. The molecule has 0 aliphatic carbocycles. The molecule has 3 rings (SSSR count). The SMILES string of the molecule is O=C(CCc1c[nH]c2ccccc12)Nc1n[nH]c(C(F)(F)F)n1. The van der Waals surface area contributed by atoms with Gasteiger partial charge in [0.05, 0.1) is 0 Å². The summed E-state index contributed by atoms with van der Waals surface area (Å²) >= 11 is 0. The van der Waals surface area contributed by atoms with E-state index in [1.807, 2.05) is 30.5 Å². The van der Waals surface area contributed by atoms with Crippen molar-refractivity contribution in [1.82, 2.24) is 20.2 Å². The van der Waals surface area contributed by atoms with Gasteiger partial charge >= 0.3 is 6.18 Å². The van der Waals surface area contributed by atoms with Crippen LogP contribution in [0, 0.1) is 0 Å². The van der Waals surface area contributed by atoms with Crippen molar-refractivity contribution in [1.29, 1.82) is 0 Å². The molecular weight excluding hydrogens is 311 g/mol. The minimum Gasteiger partial charge on any atom is -0.361 e. The summed E-state index contributed by atoms with van der Waals surface area (Å²) in [5.74, 6) is -2.09. The number of H-pyrrole nitrogens is 2. The lowest BCUT2D eigenvalue weighted by Gasteiger charge is -2.01. The van der Waals surface area contributed by atoms with Crippen molar-refractivity contribution in [3.05, 3.63) is 41.9 Å². The lowest BCUT2D eigenvalue weighted by molar-refractivity contribution is -0.144. The molecule has 120 valence electrons. The van der Waals surface area contributed by atoms with Gasteiger partial charge in [0.2, 0.25) is 17.7 Å². The Morgan fingerprint density at radius 1 is 1.26 bits per heavy atom. The highest BCUT2D eigenvalue weighted by Gasteiger charge is 2.35. The van der Waals surface area contributed by atoms with E-state index in [4.69, 9.17) is 0 Å². The van der Waals surface area contributed by atoms with Crippen molar-refractivity contribution in [2.45, 2.75) is 19.0 Å². The Kier molecular flexibility index (Phi) is 3.77. The van der Waals surface area contributed by atoms with Gasteiger partial charge in [-0.3, -0.25) is 15.2 Å². The number of anilines is 1. The maximum absolute atomic E-state index is 12.4. The zero-order valence-electron chi connectivity index (χ0n) is 11.7. The Bertz CT molecular complexity index is 836. The van der Waals surface area contributed by atoms with Crippen molar-refractivity contribution in [3.63, 3.8) is 0 Å². The fraction of sp³-hybridized carbons (Fsp3) is 0.214. The van der Waals surface area contributed by atoms with Gasteiger partial charge in [0.25, 0.3) is 0 Å². The molecule has 0 bridgehead atoms. The third-order valence-corrected chi connectivity index (χ3v) is 3.30. The van der Waals surface area contributed by atoms with Crippen LogP contribution in [0.4, 0.5) is 19.1 Å². The number of hydrogen-bond acceptors (Lipinski definition) is 3. The van der Waals surface area contributed by atoms with Gasteiger partial charge in [-0.1, -0.05) is 18.2 Å². The molecule has 3 aromatic rings. The number of aromatic nitrogens is 4. The lowest BCUT2D eigenvalue weighted by Crippen LogP contribution is -2.14. The van der Waals surface area contributed by atoms with Crippen LogP contribution in [0.15, 0.2) is 30.5 Å². The number of carbonyl (C=O) groups excluding carboxylic acids is 1. The molecule has 1 amide bonds. The summed E-state index contributed by atoms with van der Waals surface area (Å²) in [6, 6.07) is 7.65. The summed E-state index contributed by atoms with van der Waals surface area (Å²) in [6.45, 7) is 0. The smallest absolute Gasteiger partial charge is 0.361 e. The van der Waals surface area contributed by atoms with E-state index in [0.717, 1.165) is 16.5 Å². The number of aromatic amines is 2. The van der Waals surface area contributed by atoms with Crippen molar-refractivity contribution < 1.29 is 18.0 Å². The van der Waals surface area contributed by atoms with E-state index >= 15 is 0 Å². The van der Waals surface area contributed by atoms with Crippen LogP contribution in [0.3, 0.4) is 0 Å². The Morgan fingerprint density at radius 2 is 2.04 bits per heavy atom. The summed E-state index contributed by atoms with van der Waals surface area (Å²) in [6.07, 6.45) is -2.25. The van der Waals surface area contributed by atoms with Gasteiger partial charge in [-0.05, 0) is 18.1 Å². The maximum Gasteiger partial charge on any atom is 0.451 e. The van der Waals surface area contributed by atoms with Crippen LogP contribution in [0.1, 0.15) is 17.8 Å². The predicted octanol–water partition coefficient (Wildman–Crippen LogP) is 2.88. The molecule has 0 unspecified atom stereocenters. The molecule has 0 fully saturated rings. The minimum atomic E-state index is -4.62. The summed E-state index contributed by atoms with van der Waals surface area (Å²) in [5.41, 5.74) is 1.92. The second kappa shape index (κ2) is 5.75. The van der Waals surface area contributed by atoms with E-state index in [1.165, 1.54) is 0 Å². The maximum atomic E-state index is 12.4. The van der Waals surface area contributed by atoms with Gasteiger partial charge in [0.1, 0.15) is 0 Å². The van der Waals surface area contributed by atoms with E-state index in [-0.39, 0.29) is 12.4 Å². The van der Waals surface area contributed by atoms with Crippen LogP contribution in [-0.2, 0) is 17.4 Å². The number of nitrogens with one attached hydrogen (secondary N) is 3. The molecular formula is C14H12F3N5O. The van der Waals surface area contributed by atoms with E-state index in [1.54, 1.807) is 5.10 Å². The van der Waals surface area contributed by atoms with Crippen LogP contribution in [-0.4, -0.2) is 26.1 Å². The molecule has 0 atom stereocenters. The first-order chi connectivity index (χ1) is 10.9. The molecule has 0 spiro atoms. The molecule has 2 aromatic heterocycles. The van der Waals surface area contributed by atoms with Gasteiger partial charge in [0.15, 0.2) is 0 Å². The van der Waals surface area contributed by atoms with Gasteiger partial charge in [-0.15, -0.1) is 5.10 Å². The number of fused-ring (bicyclic) bond motifs is 1. The number of carbonyl (C=O) groups is 1. The Balaban J connectivity index is 1.60. The molecule has 0 saturated carbocycles. The molecule has 6 nitrogen and oxygen atoms in total. The second-order valence-electron chi connectivity index (χ2n) is 4.91. The molecule has 2 heterocycles. The van der Waals surface area contributed by atoms with Gasteiger partial charge in [0, 0.05) is 23.5 Å². The van der Waals surface area contributed by atoms with Crippen LogP contribution in [0.25, 0.3) is 10.9 Å². The first-order valence-corrected chi connectivity index (χ1v) is 6.78. The quantitative estimate of drug-likeness (QED) is 0.690. The van der Waals surface area contributed by atoms with Crippen LogP contribution in [0.5, 0.6) is 0 Å². The molecule has 0 aliphatic heterocycles. The molecule has 3 N–H and O–H groups in total. The summed E-state index contributed by atoms with van der Waals surface area (Å²) < 4.78 is 37.1. The van der Waals surface area contributed by atoms with Gasteiger partial charge in [-0.25, -0.2) is 0 Å². The highest BCUT2D eigenvalue weighted by molar-refractivity contribution is 5.90. The highest BCUT2D eigenvalue weighted by Crippen LogP contribution is 2.26. The van der Waals surface area contributed by atoms with Crippen molar-refractivity contribution >= 4 is 22.8 Å². The number of hydrogen-bond donors (Lipinski definition) is 3. The Morgan fingerprint density at radius 3 is 2.78 bits per heavy atom. The summed E-state index contributed by atoms with van der Waals surface area (Å²) in [7, 11) is 0. The van der Waals surface area contributed by atoms with E-state index < -0.39 is 17.9 Å². The van der Waals surface area contributed by atoms with Crippen molar-refractivity contribution in [2.75, 3.05) is 5.32 Å². The fourth-order valence-corrected chi connectivity index (χ4v) is 2.22. The zero-order valence-corrected chi connectivity index (χ0v) is 11.7. The molecule has 9 heteroatoms. The third kappa shape index (κ3) is 3.33. The Labute approximate surface area is 128 Å². The number of alkyl halides is 3. The van der Waals surface area contributed by atoms with Crippen molar-refractivity contribution in [2.24, 2.45) is 0 Å². The number of benzene rings is 1. The molecule has 23 heavy (non-hydrogen) atoms. The van der Waals surface area contributed by atoms with E-state index in [0.29, 0.717) is 6.42 Å². The first-order valence-electron chi connectivity index (χ1n) is 6.78. The average Bonchev–Trinajstić information content (AvgIpc) is 3.11. The fourth-order valence-electron chi connectivity index (χ4n) is 2.22. The highest BCUT2D eigenvalue weighted by atomic mass is 19.4. The first kappa shape index (κ1) is 15.1. The van der Waals surface area contributed by atoms with E-state index in [2.05, 4.69) is 20.4 Å². The largest absolute Gasteiger partial charge is 0.451 e. The van der Waals surface area contributed by atoms with Crippen LogP contribution in [0.2, 0.25) is 0 Å². The molecule has 1 aromatic carbocycles. The number of para-hydroxylation sites is 1. The van der Waals surface area contributed by atoms with Gasteiger partial charge < -0.3 is 4.98 Å². The van der Waals surface area contributed by atoms with Crippen molar-refractivity contribution in [3.8, 4) is 0 Å².